The van der Waals surface area contributed by atoms with E-state index in [9.17, 15) is 0 Å². The zero-order chi connectivity index (χ0) is 8.63. The summed E-state index contributed by atoms with van der Waals surface area (Å²) < 4.78 is 8.42. The highest BCUT2D eigenvalue weighted by atomic mass is 35.5. The molecule has 3 saturated heterocycles. The molecule has 0 aromatic carbocycles. The molecular formula is C8H8ClN3S. The molecule has 4 bridgehead atoms. The highest BCUT2D eigenvalue weighted by Gasteiger charge is 2.76. The van der Waals surface area contributed by atoms with Crippen LogP contribution in [0, 0.1) is 11.8 Å². The monoisotopic (exact) mass is 213 g/mol. The molecule has 2 unspecified atom stereocenters. The number of halogens is 1. The van der Waals surface area contributed by atoms with Gasteiger partial charge in [-0.3, -0.25) is 0 Å². The smallest absolute Gasteiger partial charge is 0.166 e. The molecule has 0 spiro atoms. The number of nitrogens with zero attached hydrogens (tertiary/aromatic N) is 3. The normalized spacial score (nSPS) is 50.1. The molecule has 0 radical (unpaired) electrons. The van der Waals surface area contributed by atoms with Gasteiger partial charge in [0.2, 0.25) is 0 Å². The average molecular weight is 214 g/mol. The highest BCUT2D eigenvalue weighted by Crippen LogP contribution is 2.69. The van der Waals surface area contributed by atoms with Crippen molar-refractivity contribution in [3.05, 3.63) is 10.8 Å². The Hall–Kier alpha value is -0.190. The second-order valence-corrected chi connectivity index (χ2v) is 5.24. The third kappa shape index (κ3) is 0.620. The second kappa shape index (κ2) is 1.92. The van der Waals surface area contributed by atoms with Gasteiger partial charge in [0.1, 0.15) is 5.69 Å². The van der Waals surface area contributed by atoms with Crippen molar-refractivity contribution in [2.45, 2.75) is 5.41 Å². The maximum atomic E-state index is 6.04. The highest BCUT2D eigenvalue weighted by molar-refractivity contribution is 6.99. The number of hydrogen-bond acceptors (Lipinski definition) is 4. The van der Waals surface area contributed by atoms with Gasteiger partial charge < -0.3 is 4.90 Å². The lowest BCUT2D eigenvalue weighted by Gasteiger charge is -2.06. The van der Waals surface area contributed by atoms with Crippen molar-refractivity contribution in [2.24, 2.45) is 11.8 Å². The summed E-state index contributed by atoms with van der Waals surface area (Å²) in [6, 6.07) is 0. The first kappa shape index (κ1) is 7.15. The fourth-order valence-electron chi connectivity index (χ4n) is 3.43. The van der Waals surface area contributed by atoms with E-state index in [0.717, 1.165) is 17.5 Å². The molecule has 1 aromatic heterocycles. The summed E-state index contributed by atoms with van der Waals surface area (Å²) in [5.74, 6) is 1.68. The predicted octanol–water partition coefficient (Wildman–Crippen LogP) is 1.00. The molecule has 5 heteroatoms. The Kier molecular flexibility index (Phi) is 1.06. The fourth-order valence-corrected chi connectivity index (χ4v) is 4.33. The van der Waals surface area contributed by atoms with Gasteiger partial charge in [-0.2, -0.15) is 8.75 Å². The van der Waals surface area contributed by atoms with E-state index in [4.69, 9.17) is 11.6 Å². The summed E-state index contributed by atoms with van der Waals surface area (Å²) in [7, 11) is 0. The Balaban J connectivity index is 1.89. The van der Waals surface area contributed by atoms with E-state index < -0.39 is 0 Å². The third-order valence-electron chi connectivity index (χ3n) is 3.98. The number of aromatic nitrogens is 2. The maximum absolute atomic E-state index is 6.04. The van der Waals surface area contributed by atoms with E-state index in [1.54, 1.807) is 0 Å². The first-order valence-electron chi connectivity index (χ1n) is 4.53. The quantitative estimate of drug-likeness (QED) is 0.697. The summed E-state index contributed by atoms with van der Waals surface area (Å²) in [5.41, 5.74) is 1.43. The van der Waals surface area contributed by atoms with Gasteiger partial charge in [-0.05, 0) is 11.8 Å². The Morgan fingerprint density at radius 3 is 2.62 bits per heavy atom. The van der Waals surface area contributed by atoms with Crippen molar-refractivity contribution in [3.63, 3.8) is 0 Å². The molecule has 4 atom stereocenters. The molecule has 4 heterocycles. The van der Waals surface area contributed by atoms with Crippen LogP contribution in [0.25, 0.3) is 0 Å². The van der Waals surface area contributed by atoms with Crippen LogP contribution in [-0.2, 0) is 5.41 Å². The topological polar surface area (TPSA) is 29.0 Å². The van der Waals surface area contributed by atoms with Gasteiger partial charge >= 0.3 is 0 Å². The summed E-state index contributed by atoms with van der Waals surface area (Å²) in [4.78, 5) is 2.52. The molecule has 3 nitrogen and oxygen atoms in total. The molecule has 5 rings (SSSR count). The molecular weight excluding hydrogens is 206 g/mol. The van der Waals surface area contributed by atoms with E-state index in [0.29, 0.717) is 10.6 Å². The maximum Gasteiger partial charge on any atom is 0.166 e. The van der Waals surface area contributed by atoms with E-state index in [1.165, 1.54) is 31.4 Å². The van der Waals surface area contributed by atoms with Gasteiger partial charge in [0, 0.05) is 25.0 Å². The van der Waals surface area contributed by atoms with Crippen LogP contribution in [0.1, 0.15) is 5.69 Å². The zero-order valence-electron chi connectivity index (χ0n) is 6.90. The summed E-state index contributed by atoms with van der Waals surface area (Å²) in [5, 5.41) is 0.654. The number of piperidine rings is 3. The molecule has 68 valence electrons. The van der Waals surface area contributed by atoms with Gasteiger partial charge in [-0.1, -0.05) is 11.6 Å². The Bertz CT molecular complexity index is 378. The minimum absolute atomic E-state index is 0.337. The molecule has 4 aliphatic rings. The minimum Gasteiger partial charge on any atom is -0.302 e. The molecule has 3 aliphatic heterocycles. The van der Waals surface area contributed by atoms with Crippen LogP contribution in [0.2, 0.25) is 5.15 Å². The lowest BCUT2D eigenvalue weighted by molar-refractivity contribution is 0.406. The Morgan fingerprint density at radius 2 is 2.15 bits per heavy atom. The zero-order valence-corrected chi connectivity index (χ0v) is 8.48. The fraction of sp³-hybridized carbons (Fsp3) is 0.750. The van der Waals surface area contributed by atoms with Gasteiger partial charge in [-0.25, -0.2) is 0 Å². The van der Waals surface area contributed by atoms with Crippen LogP contribution in [0.4, 0.5) is 0 Å². The molecule has 1 aromatic rings. The SMILES string of the molecule is Clc1nsnc1C12CN3C[C@@H]1[C@@H]2C3. The standard InChI is InChI=1S/C8H8ClN3S/c9-7-6(10-13-11-7)8-3-12-1-4(8)5(8)2-12/h4-5H,1-3H2/t4-,5+,8?. The van der Waals surface area contributed by atoms with E-state index in [2.05, 4.69) is 13.6 Å². The van der Waals surface area contributed by atoms with Gasteiger partial charge in [0.15, 0.2) is 5.15 Å². The van der Waals surface area contributed by atoms with E-state index in [1.807, 2.05) is 0 Å². The molecule has 0 amide bonds. The lowest BCUT2D eigenvalue weighted by atomic mass is 10.0. The van der Waals surface area contributed by atoms with E-state index in [-0.39, 0.29) is 0 Å². The second-order valence-electron chi connectivity index (χ2n) is 4.35. The average Bonchev–Trinajstić information content (AvgIpc) is 2.66. The van der Waals surface area contributed by atoms with Crippen LogP contribution in [-0.4, -0.2) is 33.3 Å². The first-order chi connectivity index (χ1) is 6.32. The first-order valence-corrected chi connectivity index (χ1v) is 5.64. The van der Waals surface area contributed by atoms with Crippen molar-refractivity contribution >= 4 is 23.3 Å². The number of hydrogen-bond donors (Lipinski definition) is 0. The molecule has 13 heavy (non-hydrogen) atoms. The molecule has 1 aliphatic carbocycles. The predicted molar refractivity (Wildman–Crippen MR) is 50.0 cm³/mol. The largest absolute Gasteiger partial charge is 0.302 e. The van der Waals surface area contributed by atoms with Gasteiger partial charge in [0.05, 0.1) is 11.7 Å². The van der Waals surface area contributed by atoms with Crippen LogP contribution in [0.3, 0.4) is 0 Å². The molecule has 0 N–H and O–H groups in total. The summed E-state index contributed by atoms with van der Waals surface area (Å²) in [6.45, 7) is 3.70. The minimum atomic E-state index is 0.337. The van der Waals surface area contributed by atoms with Crippen molar-refractivity contribution in [1.82, 2.24) is 13.6 Å². The Labute approximate surface area is 85.0 Å². The van der Waals surface area contributed by atoms with Gasteiger partial charge in [-0.15, -0.1) is 0 Å². The van der Waals surface area contributed by atoms with Crippen molar-refractivity contribution in [1.29, 1.82) is 0 Å². The van der Waals surface area contributed by atoms with Crippen molar-refractivity contribution < 1.29 is 0 Å². The van der Waals surface area contributed by atoms with E-state index >= 15 is 0 Å². The van der Waals surface area contributed by atoms with Gasteiger partial charge in [0.25, 0.3) is 0 Å². The lowest BCUT2D eigenvalue weighted by Crippen LogP contribution is -2.16. The summed E-state index contributed by atoms with van der Waals surface area (Å²) >= 11 is 7.29. The van der Waals surface area contributed by atoms with Crippen molar-refractivity contribution in [3.8, 4) is 0 Å². The summed E-state index contributed by atoms with van der Waals surface area (Å²) in [6.07, 6.45) is 0. The van der Waals surface area contributed by atoms with Crippen LogP contribution >= 0.6 is 23.3 Å². The van der Waals surface area contributed by atoms with Crippen molar-refractivity contribution in [2.75, 3.05) is 19.6 Å². The Morgan fingerprint density at radius 1 is 1.38 bits per heavy atom. The number of rotatable bonds is 1. The van der Waals surface area contributed by atoms with Crippen LogP contribution < -0.4 is 0 Å². The van der Waals surface area contributed by atoms with Crippen LogP contribution in [0.5, 0.6) is 0 Å². The van der Waals surface area contributed by atoms with Crippen LogP contribution in [0.15, 0.2) is 0 Å². The molecule has 1 saturated carbocycles. The third-order valence-corrected chi connectivity index (χ3v) is 4.88. The molecule has 4 fully saturated rings.